The van der Waals surface area contributed by atoms with Crippen LogP contribution >= 0.6 is 0 Å². The van der Waals surface area contributed by atoms with Gasteiger partial charge in [0.2, 0.25) is 0 Å². The van der Waals surface area contributed by atoms with Crippen molar-refractivity contribution in [2.24, 2.45) is 11.7 Å². The van der Waals surface area contributed by atoms with Gasteiger partial charge in [-0.25, -0.2) is 17.6 Å². The Morgan fingerprint density at radius 3 is 2.50 bits per heavy atom. The molecule has 190 valence electrons. The molecule has 4 rings (SSSR count). The van der Waals surface area contributed by atoms with E-state index in [9.17, 15) is 18.0 Å². The Bertz CT molecular complexity index is 1250. The Kier molecular flexibility index (Phi) is 7.44. The van der Waals surface area contributed by atoms with Crippen molar-refractivity contribution in [1.29, 1.82) is 0 Å². The monoisotopic (exact) mass is 502 g/mol. The molecule has 1 saturated heterocycles. The van der Waals surface area contributed by atoms with E-state index in [1.165, 1.54) is 6.20 Å². The number of rotatable bonds is 6. The van der Waals surface area contributed by atoms with Gasteiger partial charge in [-0.1, -0.05) is 6.92 Å². The number of carbonyl (C=O) groups excluding carboxylic acids is 1. The molecule has 1 fully saturated rings. The number of anilines is 2. The Labute approximate surface area is 206 Å². The number of halogens is 4. The molecule has 6 nitrogen and oxygen atoms in total. The van der Waals surface area contributed by atoms with Crippen molar-refractivity contribution in [3.63, 3.8) is 0 Å². The first-order valence-corrected chi connectivity index (χ1v) is 11.6. The number of nitrogens with two attached hydrogens (primary N) is 1. The van der Waals surface area contributed by atoms with Gasteiger partial charge in [0.25, 0.3) is 5.91 Å². The molecule has 0 aliphatic carbocycles. The van der Waals surface area contributed by atoms with Crippen molar-refractivity contribution >= 4 is 17.3 Å². The van der Waals surface area contributed by atoms with Gasteiger partial charge in [0.15, 0.2) is 0 Å². The van der Waals surface area contributed by atoms with Crippen LogP contribution in [0.3, 0.4) is 0 Å². The van der Waals surface area contributed by atoms with Crippen molar-refractivity contribution in [2.75, 3.05) is 29.9 Å². The van der Waals surface area contributed by atoms with Gasteiger partial charge in [0.05, 0.1) is 40.9 Å². The molecule has 0 saturated carbocycles. The van der Waals surface area contributed by atoms with E-state index in [1.54, 1.807) is 19.2 Å². The first-order valence-electron chi connectivity index (χ1n) is 11.6. The molecular formula is C26H26F4N4O2. The molecule has 10 heteroatoms. The van der Waals surface area contributed by atoms with E-state index >= 15 is 4.39 Å². The van der Waals surface area contributed by atoms with Gasteiger partial charge in [0, 0.05) is 37.5 Å². The molecule has 3 N–H and O–H groups in total. The van der Waals surface area contributed by atoms with Gasteiger partial charge in [0.1, 0.15) is 29.0 Å². The van der Waals surface area contributed by atoms with Gasteiger partial charge in [-0.3, -0.25) is 9.78 Å². The molecular weight excluding hydrogens is 476 g/mol. The molecule has 0 radical (unpaired) electrons. The largest absolute Gasteiger partial charge is 0.494 e. The predicted molar refractivity (Wildman–Crippen MR) is 129 cm³/mol. The highest BCUT2D eigenvalue weighted by Gasteiger charge is 2.27. The van der Waals surface area contributed by atoms with Gasteiger partial charge < -0.3 is 20.7 Å². The number of hydrogen-bond acceptors (Lipinski definition) is 5. The summed E-state index contributed by atoms with van der Waals surface area (Å²) in [4.78, 5) is 19.1. The minimum absolute atomic E-state index is 0.0542. The van der Waals surface area contributed by atoms with Crippen molar-refractivity contribution in [3.8, 4) is 16.9 Å². The second kappa shape index (κ2) is 10.5. The lowest BCUT2D eigenvalue weighted by molar-refractivity contribution is 0.102. The smallest absolute Gasteiger partial charge is 0.258 e. The van der Waals surface area contributed by atoms with Crippen LogP contribution in [0.2, 0.25) is 0 Å². The summed E-state index contributed by atoms with van der Waals surface area (Å²) in [6, 6.07) is 5.03. The molecule has 1 aliphatic heterocycles. The van der Waals surface area contributed by atoms with Gasteiger partial charge in [-0.2, -0.15) is 0 Å². The Morgan fingerprint density at radius 2 is 1.83 bits per heavy atom. The molecule has 2 aromatic carbocycles. The number of aromatic nitrogens is 1. The van der Waals surface area contributed by atoms with Gasteiger partial charge in [-0.15, -0.1) is 0 Å². The average Bonchev–Trinajstić information content (AvgIpc) is 2.80. The predicted octanol–water partition coefficient (Wildman–Crippen LogP) is 5.13. The summed E-state index contributed by atoms with van der Waals surface area (Å²) in [6.45, 7) is 5.10. The van der Waals surface area contributed by atoms with E-state index in [0.29, 0.717) is 30.4 Å². The number of nitrogens with one attached hydrogen (secondary N) is 1. The summed E-state index contributed by atoms with van der Waals surface area (Å²) in [7, 11) is 0. The molecule has 0 unspecified atom stereocenters. The third-order valence-corrected chi connectivity index (χ3v) is 5.99. The number of carbonyl (C=O) groups is 1. The first-order chi connectivity index (χ1) is 17.2. The van der Waals surface area contributed by atoms with Gasteiger partial charge in [-0.05, 0) is 37.5 Å². The number of pyridine rings is 1. The van der Waals surface area contributed by atoms with Crippen LogP contribution in [-0.2, 0) is 0 Å². The Hall–Kier alpha value is -3.66. The van der Waals surface area contributed by atoms with E-state index < -0.39 is 45.9 Å². The van der Waals surface area contributed by atoms with E-state index in [2.05, 4.69) is 17.2 Å². The molecule has 3 aromatic rings. The molecule has 2 atom stereocenters. The van der Waals surface area contributed by atoms with Crippen LogP contribution in [0.15, 0.2) is 42.7 Å². The Morgan fingerprint density at radius 1 is 1.11 bits per heavy atom. The second-order valence-electron chi connectivity index (χ2n) is 8.83. The minimum Gasteiger partial charge on any atom is -0.494 e. The molecule has 0 spiro atoms. The topological polar surface area (TPSA) is 80.5 Å². The number of amides is 1. The maximum atomic E-state index is 15.4. The third kappa shape index (κ3) is 5.13. The van der Waals surface area contributed by atoms with Crippen molar-refractivity contribution in [3.05, 3.63) is 71.6 Å². The van der Waals surface area contributed by atoms with Crippen LogP contribution in [0.1, 0.15) is 30.6 Å². The second-order valence-corrected chi connectivity index (χ2v) is 8.83. The molecule has 1 aliphatic rings. The van der Waals surface area contributed by atoms with E-state index in [0.717, 1.165) is 30.7 Å². The zero-order valence-electron chi connectivity index (χ0n) is 19.8. The molecule has 1 aromatic heterocycles. The summed E-state index contributed by atoms with van der Waals surface area (Å²) < 4.78 is 64.5. The van der Waals surface area contributed by atoms with Crippen molar-refractivity contribution in [2.45, 2.75) is 26.3 Å². The van der Waals surface area contributed by atoms with Crippen LogP contribution in [0.4, 0.5) is 28.9 Å². The van der Waals surface area contributed by atoms with Crippen molar-refractivity contribution < 1.29 is 27.1 Å². The van der Waals surface area contributed by atoms with Crippen LogP contribution in [0.5, 0.6) is 5.75 Å². The van der Waals surface area contributed by atoms with Crippen LogP contribution in [0, 0.1) is 29.2 Å². The molecule has 1 amide bonds. The van der Waals surface area contributed by atoms with Gasteiger partial charge >= 0.3 is 0 Å². The highest BCUT2D eigenvalue weighted by molar-refractivity contribution is 6.06. The number of benzene rings is 2. The SMILES string of the molecule is CCOc1cc(F)c(-c2c(F)ccc(C(=O)Nc3cnccc3N3C[C@H](C)C[C@H](N)C3)c2F)c(F)c1. The fraction of sp³-hybridized carbons (Fsp3) is 0.308. The van der Waals surface area contributed by atoms with E-state index in [4.69, 9.17) is 10.5 Å². The average molecular weight is 503 g/mol. The summed E-state index contributed by atoms with van der Waals surface area (Å²) in [6.07, 6.45) is 3.83. The van der Waals surface area contributed by atoms with Crippen molar-refractivity contribution in [1.82, 2.24) is 4.98 Å². The summed E-state index contributed by atoms with van der Waals surface area (Å²) in [5.41, 5.74) is 4.60. The molecule has 0 bridgehead atoms. The maximum Gasteiger partial charge on any atom is 0.258 e. The summed E-state index contributed by atoms with van der Waals surface area (Å²) in [5, 5.41) is 2.59. The summed E-state index contributed by atoms with van der Waals surface area (Å²) in [5.74, 6) is -5.79. The Balaban J connectivity index is 1.68. The fourth-order valence-corrected chi connectivity index (χ4v) is 4.54. The maximum absolute atomic E-state index is 15.4. The minimum atomic E-state index is -1.39. The first kappa shape index (κ1) is 25.4. The highest BCUT2D eigenvalue weighted by atomic mass is 19.1. The zero-order chi connectivity index (χ0) is 26.0. The lowest BCUT2D eigenvalue weighted by Crippen LogP contribution is -2.46. The number of piperidine rings is 1. The molecule has 2 heterocycles. The number of nitrogens with zero attached hydrogens (tertiary/aromatic N) is 2. The number of ether oxygens (including phenoxy) is 1. The lowest BCUT2D eigenvalue weighted by atomic mass is 9.96. The van der Waals surface area contributed by atoms with Crippen LogP contribution in [-0.4, -0.2) is 36.6 Å². The van der Waals surface area contributed by atoms with E-state index in [-0.39, 0.29) is 18.4 Å². The van der Waals surface area contributed by atoms with E-state index in [1.807, 2.05) is 4.90 Å². The third-order valence-electron chi connectivity index (χ3n) is 5.99. The normalized spacial score (nSPS) is 17.7. The summed E-state index contributed by atoms with van der Waals surface area (Å²) >= 11 is 0. The highest BCUT2D eigenvalue weighted by Crippen LogP contribution is 2.35. The van der Waals surface area contributed by atoms with Crippen LogP contribution in [0.25, 0.3) is 11.1 Å². The zero-order valence-corrected chi connectivity index (χ0v) is 19.8. The molecule has 36 heavy (non-hydrogen) atoms. The lowest BCUT2D eigenvalue weighted by Gasteiger charge is -2.37. The number of hydrogen-bond donors (Lipinski definition) is 2. The standard InChI is InChI=1S/C26H26F4N4O2/c1-3-36-16-9-19(28)23(20(29)10-16)24-18(27)5-4-17(25(24)30)26(35)33-21-11-32-7-6-22(21)34-12-14(2)8-15(31)13-34/h4-7,9-11,14-15H,3,8,12-13,31H2,1-2H3,(H,33,35)/t14-,15+/m1/s1. The van der Waals surface area contributed by atoms with Crippen LogP contribution < -0.4 is 20.7 Å². The quantitative estimate of drug-likeness (QED) is 0.457. The fourth-order valence-electron chi connectivity index (χ4n) is 4.54.